The summed E-state index contributed by atoms with van der Waals surface area (Å²) in [6, 6.07) is 6.18. The predicted octanol–water partition coefficient (Wildman–Crippen LogP) is 1.99. The van der Waals surface area contributed by atoms with E-state index in [1.54, 1.807) is 23.0 Å². The Kier molecular flexibility index (Phi) is 3.18. The van der Waals surface area contributed by atoms with Crippen molar-refractivity contribution in [2.75, 3.05) is 6.54 Å². The third kappa shape index (κ3) is 2.20. The molecule has 2 saturated heterocycles. The summed E-state index contributed by atoms with van der Waals surface area (Å²) < 4.78 is 14.7. The van der Waals surface area contributed by atoms with Gasteiger partial charge in [0.05, 0.1) is 17.9 Å². The Bertz CT molecular complexity index is 696. The Morgan fingerprint density at radius 1 is 1.23 bits per heavy atom. The molecule has 0 aliphatic carbocycles. The van der Waals surface area contributed by atoms with E-state index in [9.17, 15) is 9.18 Å². The van der Waals surface area contributed by atoms with E-state index in [0.29, 0.717) is 0 Å². The first-order valence-electron chi connectivity index (χ1n) is 7.59. The molecule has 0 radical (unpaired) electrons. The number of hydrogen-bond acceptors (Lipinski definition) is 3. The van der Waals surface area contributed by atoms with Gasteiger partial charge < -0.3 is 5.32 Å². The first-order chi connectivity index (χ1) is 10.7. The molecule has 0 unspecified atom stereocenters. The Labute approximate surface area is 127 Å². The van der Waals surface area contributed by atoms with Gasteiger partial charge in [0.15, 0.2) is 0 Å². The van der Waals surface area contributed by atoms with Crippen molar-refractivity contribution in [3.8, 4) is 5.69 Å². The summed E-state index contributed by atoms with van der Waals surface area (Å²) in [6.07, 6.45) is 6.71. The lowest BCUT2D eigenvalue weighted by Gasteiger charge is -2.30. The van der Waals surface area contributed by atoms with Crippen LogP contribution in [0, 0.1) is 5.82 Å². The van der Waals surface area contributed by atoms with Gasteiger partial charge in [0.1, 0.15) is 12.0 Å². The van der Waals surface area contributed by atoms with Gasteiger partial charge in [0, 0.05) is 18.3 Å². The zero-order chi connectivity index (χ0) is 15.1. The molecule has 6 heteroatoms. The van der Waals surface area contributed by atoms with Crippen LogP contribution in [0.25, 0.3) is 5.69 Å². The van der Waals surface area contributed by atoms with E-state index in [4.69, 9.17) is 0 Å². The molecule has 2 aliphatic rings. The number of piperidine rings is 1. The maximum absolute atomic E-state index is 13.0. The van der Waals surface area contributed by atoms with Gasteiger partial charge in [-0.25, -0.2) is 9.07 Å². The lowest BCUT2D eigenvalue weighted by Crippen LogP contribution is -2.38. The molecule has 114 valence electrons. The van der Waals surface area contributed by atoms with Crippen LogP contribution >= 0.6 is 0 Å². The molecule has 1 amide bonds. The van der Waals surface area contributed by atoms with Crippen LogP contribution in [0.15, 0.2) is 36.7 Å². The molecular formula is C16H17FN4O. The largest absolute Gasteiger partial charge is 0.335 e. The number of halogens is 1. The molecule has 22 heavy (non-hydrogen) atoms. The highest BCUT2D eigenvalue weighted by Gasteiger charge is 2.41. The van der Waals surface area contributed by atoms with Gasteiger partial charge in [-0.2, -0.15) is 5.10 Å². The van der Waals surface area contributed by atoms with Crippen LogP contribution in [0.2, 0.25) is 0 Å². The minimum atomic E-state index is -0.268. The number of carbonyl (C=O) groups excluding carboxylic acids is 1. The number of rotatable bonds is 2. The summed E-state index contributed by atoms with van der Waals surface area (Å²) in [5, 5.41) is 7.40. The van der Waals surface area contributed by atoms with Crippen LogP contribution in [-0.2, 0) is 4.79 Å². The lowest BCUT2D eigenvalue weighted by molar-refractivity contribution is -0.122. The van der Waals surface area contributed by atoms with E-state index in [2.05, 4.69) is 15.3 Å². The van der Waals surface area contributed by atoms with Crippen molar-refractivity contribution in [1.82, 2.24) is 20.0 Å². The van der Waals surface area contributed by atoms with Crippen molar-refractivity contribution in [2.24, 2.45) is 0 Å². The van der Waals surface area contributed by atoms with Crippen LogP contribution in [-0.4, -0.2) is 33.2 Å². The highest BCUT2D eigenvalue weighted by molar-refractivity contribution is 5.84. The molecule has 1 aromatic heterocycles. The molecular weight excluding hydrogens is 283 g/mol. The fourth-order valence-corrected chi connectivity index (χ4v) is 3.35. The summed E-state index contributed by atoms with van der Waals surface area (Å²) in [6.45, 7) is 0.926. The average molecular weight is 300 g/mol. The predicted molar refractivity (Wildman–Crippen MR) is 78.8 cm³/mol. The smallest absolute Gasteiger partial charge is 0.238 e. The molecule has 2 aromatic rings. The van der Waals surface area contributed by atoms with Crippen molar-refractivity contribution < 1.29 is 9.18 Å². The summed E-state index contributed by atoms with van der Waals surface area (Å²) in [5.41, 5.74) is 1.76. The summed E-state index contributed by atoms with van der Waals surface area (Å²) >= 11 is 0. The van der Waals surface area contributed by atoms with Crippen LogP contribution in [0.4, 0.5) is 4.39 Å². The minimum absolute atomic E-state index is 0.00655. The minimum Gasteiger partial charge on any atom is -0.335 e. The fraction of sp³-hybridized carbons (Fsp3) is 0.375. The van der Waals surface area contributed by atoms with E-state index < -0.39 is 0 Å². The average Bonchev–Trinajstić information content (AvgIpc) is 3.14. The first kappa shape index (κ1) is 13.5. The van der Waals surface area contributed by atoms with E-state index in [0.717, 1.165) is 37.1 Å². The molecule has 2 fully saturated rings. The van der Waals surface area contributed by atoms with Gasteiger partial charge in [-0.3, -0.25) is 9.69 Å². The number of amides is 1. The highest BCUT2D eigenvalue weighted by Crippen LogP contribution is 2.32. The quantitative estimate of drug-likeness (QED) is 0.923. The van der Waals surface area contributed by atoms with Crippen LogP contribution in [0.3, 0.4) is 0 Å². The first-order valence-corrected chi connectivity index (χ1v) is 7.59. The summed E-state index contributed by atoms with van der Waals surface area (Å²) in [7, 11) is 0. The topological polar surface area (TPSA) is 50.2 Å². The normalized spacial score (nSPS) is 25.0. The van der Waals surface area contributed by atoms with Gasteiger partial charge in [0.25, 0.3) is 0 Å². The second-order valence-corrected chi connectivity index (χ2v) is 5.86. The van der Waals surface area contributed by atoms with E-state index in [1.165, 1.54) is 12.1 Å². The van der Waals surface area contributed by atoms with Crippen molar-refractivity contribution in [2.45, 2.75) is 31.5 Å². The molecule has 2 atom stereocenters. The van der Waals surface area contributed by atoms with Crippen molar-refractivity contribution in [1.29, 1.82) is 0 Å². The maximum atomic E-state index is 13.0. The number of aromatic nitrogens is 2. The number of nitrogens with one attached hydrogen (secondary N) is 1. The van der Waals surface area contributed by atoms with Crippen LogP contribution in [0.5, 0.6) is 0 Å². The van der Waals surface area contributed by atoms with E-state index in [-0.39, 0.29) is 23.9 Å². The fourth-order valence-electron chi connectivity index (χ4n) is 3.35. The van der Waals surface area contributed by atoms with Gasteiger partial charge in [-0.05, 0) is 37.1 Å². The monoisotopic (exact) mass is 300 g/mol. The number of nitrogens with zero attached hydrogens (tertiary/aromatic N) is 3. The van der Waals surface area contributed by atoms with Gasteiger partial charge >= 0.3 is 0 Å². The van der Waals surface area contributed by atoms with Gasteiger partial charge in [-0.1, -0.05) is 6.42 Å². The zero-order valence-corrected chi connectivity index (χ0v) is 12.1. The number of carbonyl (C=O) groups is 1. The molecule has 0 spiro atoms. The molecule has 2 aliphatic heterocycles. The van der Waals surface area contributed by atoms with Crippen LogP contribution < -0.4 is 5.32 Å². The maximum Gasteiger partial charge on any atom is 0.238 e. The molecule has 5 nitrogen and oxygen atoms in total. The Morgan fingerprint density at radius 3 is 2.86 bits per heavy atom. The Hall–Kier alpha value is -2.21. The van der Waals surface area contributed by atoms with Crippen molar-refractivity contribution >= 4 is 5.91 Å². The molecule has 4 rings (SSSR count). The Balaban J connectivity index is 1.61. The SMILES string of the molecule is O=C1N[C@H](c2cnn(-c3ccc(F)cc3)c2)N2CCCC[C@H]12. The number of benzene rings is 1. The molecule has 0 bridgehead atoms. The van der Waals surface area contributed by atoms with E-state index in [1.807, 2.05) is 6.20 Å². The Morgan fingerprint density at radius 2 is 2.05 bits per heavy atom. The molecule has 0 saturated carbocycles. The van der Waals surface area contributed by atoms with Crippen molar-refractivity contribution in [3.63, 3.8) is 0 Å². The summed E-state index contributed by atoms with van der Waals surface area (Å²) in [5.74, 6) is -0.158. The molecule has 1 N–H and O–H groups in total. The van der Waals surface area contributed by atoms with Gasteiger partial charge in [-0.15, -0.1) is 0 Å². The second kappa shape index (κ2) is 5.21. The number of hydrogen-bond donors (Lipinski definition) is 1. The molecule has 1 aromatic carbocycles. The summed E-state index contributed by atoms with van der Waals surface area (Å²) in [4.78, 5) is 14.3. The number of fused-ring (bicyclic) bond motifs is 1. The second-order valence-electron chi connectivity index (χ2n) is 5.86. The standard InChI is InChI=1S/C16H17FN4O/c17-12-4-6-13(7-5-12)21-10-11(9-18-21)15-19-16(22)14-3-1-2-8-20(14)15/h4-7,9-10,14-15H,1-3,8H2,(H,19,22)/t14-,15+/m1/s1. The third-order valence-corrected chi connectivity index (χ3v) is 4.47. The molecule has 3 heterocycles. The highest BCUT2D eigenvalue weighted by atomic mass is 19.1. The lowest BCUT2D eigenvalue weighted by atomic mass is 10.0. The van der Waals surface area contributed by atoms with Crippen molar-refractivity contribution in [3.05, 3.63) is 48.0 Å². The van der Waals surface area contributed by atoms with E-state index >= 15 is 0 Å². The third-order valence-electron chi connectivity index (χ3n) is 4.47. The van der Waals surface area contributed by atoms with Crippen LogP contribution in [0.1, 0.15) is 31.0 Å². The zero-order valence-electron chi connectivity index (χ0n) is 12.1. The van der Waals surface area contributed by atoms with Gasteiger partial charge in [0.2, 0.25) is 5.91 Å².